The highest BCUT2D eigenvalue weighted by molar-refractivity contribution is 6.00. The summed E-state index contributed by atoms with van der Waals surface area (Å²) in [6.07, 6.45) is 27.2. The Morgan fingerprint density at radius 1 is 0.567 bits per heavy atom. The molecule has 9 nitrogen and oxygen atoms in total. The van der Waals surface area contributed by atoms with Gasteiger partial charge in [0.05, 0.1) is 29.5 Å². The molecular weight excluding hydrogens is 823 g/mol. The van der Waals surface area contributed by atoms with Crippen molar-refractivity contribution in [1.29, 1.82) is 0 Å². The van der Waals surface area contributed by atoms with E-state index in [1.807, 2.05) is 19.1 Å². The Bertz CT molecular complexity index is 3010. The molecule has 0 fully saturated rings. The summed E-state index contributed by atoms with van der Waals surface area (Å²) in [7, 11) is 2.13. The number of benzene rings is 3. The van der Waals surface area contributed by atoms with E-state index in [2.05, 4.69) is 230 Å². The second-order valence-electron chi connectivity index (χ2n) is 18.5. The summed E-state index contributed by atoms with van der Waals surface area (Å²) in [6, 6.07) is 27.2. The molecule has 336 valence electrons. The Morgan fingerprint density at radius 3 is 1.82 bits per heavy atom. The van der Waals surface area contributed by atoms with Gasteiger partial charge in [-0.1, -0.05) is 66.5 Å². The number of aryl methyl sites for hydroxylation is 1. The summed E-state index contributed by atoms with van der Waals surface area (Å²) in [4.78, 5) is 12.9. The second kappa shape index (κ2) is 18.4. The summed E-state index contributed by atoms with van der Waals surface area (Å²) < 4.78 is 0. The van der Waals surface area contributed by atoms with Crippen molar-refractivity contribution in [1.82, 2.24) is 41.8 Å². The third-order valence-electron chi connectivity index (χ3n) is 13.1. The molecular formula is C58H59N9. The van der Waals surface area contributed by atoms with Gasteiger partial charge >= 0.3 is 0 Å². The van der Waals surface area contributed by atoms with Crippen LogP contribution >= 0.6 is 0 Å². The molecule has 3 aromatic carbocycles. The number of allylic oxidation sites excluding steroid dienone is 11. The van der Waals surface area contributed by atoms with E-state index in [-0.39, 0.29) is 36.4 Å². The summed E-state index contributed by atoms with van der Waals surface area (Å²) in [5, 5.41) is 22.9. The van der Waals surface area contributed by atoms with Gasteiger partial charge in [-0.25, -0.2) is 4.99 Å². The summed E-state index contributed by atoms with van der Waals surface area (Å²) in [5.41, 5.74) is 17.1. The minimum atomic E-state index is -0.450. The standard InChI is InChI=1S/C58H59N9/c1-35-14-8-20-50(59-35)41-26-42(51-21-9-15-36(2)60-51)30-47(29-41)56-64-57(48-31-43(52-22-10-16-37(3)61-52)27-44(32-48)53-23-11-17-38(4)62-53)66-58(65-56)49-33-45(54-24-12-18-39(5)63-54)28-46(34-49)55-25-13-19-40(6)67(55)7/h8-12,14-18,20-35,37,40,51,54,56-57,59-61,63-64H,1-7H3,(H,65,66)/t35-,37?,40?,51?,54?,56?,57?/m0/s1. The molecule has 6 unspecified atom stereocenters. The van der Waals surface area contributed by atoms with Crippen LogP contribution in [-0.4, -0.2) is 40.9 Å². The average Bonchev–Trinajstić information content (AvgIpc) is 3.34. The average molecular weight is 882 g/mol. The molecule has 6 aliphatic rings. The molecule has 0 saturated carbocycles. The number of aliphatic imine (C=N–C) groups is 1. The lowest BCUT2D eigenvalue weighted by Gasteiger charge is -2.34. The van der Waals surface area contributed by atoms with Crippen molar-refractivity contribution in [3.05, 3.63) is 213 Å². The van der Waals surface area contributed by atoms with Gasteiger partial charge in [0.25, 0.3) is 0 Å². The van der Waals surface area contributed by atoms with Crippen LogP contribution in [-0.2, 0) is 0 Å². The number of nitrogens with one attached hydrogen (secondary N) is 6. The summed E-state index contributed by atoms with van der Waals surface area (Å²) >= 11 is 0. The van der Waals surface area contributed by atoms with Gasteiger partial charge in [0.2, 0.25) is 0 Å². The first-order chi connectivity index (χ1) is 32.5. The maximum absolute atomic E-state index is 5.66. The van der Waals surface area contributed by atoms with Gasteiger partial charge in [0, 0.05) is 64.8 Å². The Balaban J connectivity index is 1.16. The zero-order valence-corrected chi connectivity index (χ0v) is 39.3. The van der Waals surface area contributed by atoms with E-state index >= 15 is 0 Å². The van der Waals surface area contributed by atoms with Gasteiger partial charge in [-0.3, -0.25) is 10.3 Å². The molecule has 6 aliphatic heterocycles. The topological polar surface area (TPSA) is 101 Å². The molecule has 4 aromatic rings. The van der Waals surface area contributed by atoms with Gasteiger partial charge in [-0.15, -0.1) is 0 Å². The SMILES string of the molecule is CC1=CC=CC(c2cc(C3=CC#CC(C)N3C)cc(C3=NC(c4cc(C5=CC=CC(C)N5)cc(-c5cccc(C)n5)c4)NC(c4cc(C5=CC=C[C@H](C)N5)cc(C5C=CC=C(C)N5)c4)N3)c2)N1. The first kappa shape index (κ1) is 43.4. The fourth-order valence-electron chi connectivity index (χ4n) is 9.46. The Hall–Kier alpha value is -7.54. The molecule has 0 saturated heterocycles. The number of pyridine rings is 1. The van der Waals surface area contributed by atoms with Crippen molar-refractivity contribution in [2.24, 2.45) is 4.99 Å². The predicted octanol–water partition coefficient (Wildman–Crippen LogP) is 10.1. The van der Waals surface area contributed by atoms with Crippen molar-refractivity contribution in [2.75, 3.05) is 7.05 Å². The zero-order valence-electron chi connectivity index (χ0n) is 39.3. The number of rotatable bonds is 9. The maximum Gasteiger partial charge on any atom is 0.131 e. The van der Waals surface area contributed by atoms with Gasteiger partial charge < -0.3 is 31.5 Å². The van der Waals surface area contributed by atoms with Crippen LogP contribution in [0.5, 0.6) is 0 Å². The zero-order chi connectivity index (χ0) is 46.2. The molecule has 9 heteroatoms. The molecule has 7 atom stereocenters. The number of amidine groups is 1. The van der Waals surface area contributed by atoms with Crippen molar-refractivity contribution >= 4 is 22.9 Å². The van der Waals surface area contributed by atoms with Crippen LogP contribution in [0.15, 0.2) is 168 Å². The number of aromatic nitrogens is 1. The Morgan fingerprint density at radius 2 is 1.15 bits per heavy atom. The lowest BCUT2D eigenvalue weighted by molar-refractivity contribution is 0.408. The van der Waals surface area contributed by atoms with E-state index in [4.69, 9.17) is 9.98 Å². The number of nitrogens with zero attached hydrogens (tertiary/aromatic N) is 3. The van der Waals surface area contributed by atoms with Gasteiger partial charge in [0.15, 0.2) is 0 Å². The summed E-state index contributed by atoms with van der Waals surface area (Å²) in [6.45, 7) is 12.8. The largest absolute Gasteiger partial charge is 0.379 e. The predicted molar refractivity (Wildman–Crippen MR) is 276 cm³/mol. The smallest absolute Gasteiger partial charge is 0.131 e. The molecule has 0 radical (unpaired) electrons. The van der Waals surface area contributed by atoms with E-state index in [1.54, 1.807) is 0 Å². The molecule has 6 N–H and O–H groups in total. The fourth-order valence-corrected chi connectivity index (χ4v) is 9.46. The van der Waals surface area contributed by atoms with Crippen molar-refractivity contribution in [2.45, 2.75) is 84.1 Å². The molecule has 0 aliphatic carbocycles. The Kier molecular flexibility index (Phi) is 11.9. The van der Waals surface area contributed by atoms with E-state index in [9.17, 15) is 0 Å². The molecule has 10 rings (SSSR count). The van der Waals surface area contributed by atoms with E-state index in [0.29, 0.717) is 0 Å². The number of hydrogen-bond donors (Lipinski definition) is 6. The normalized spacial score (nSPS) is 25.0. The minimum Gasteiger partial charge on any atom is -0.379 e. The van der Waals surface area contributed by atoms with E-state index in [0.717, 1.165) is 90.2 Å². The third kappa shape index (κ3) is 9.45. The van der Waals surface area contributed by atoms with Gasteiger partial charge in [-0.2, -0.15) is 0 Å². The molecule has 1 aromatic heterocycles. The number of dihydropyridines is 4. The van der Waals surface area contributed by atoms with Crippen LogP contribution in [0.25, 0.3) is 28.3 Å². The van der Waals surface area contributed by atoms with Crippen LogP contribution in [0.3, 0.4) is 0 Å². The molecule has 0 spiro atoms. The van der Waals surface area contributed by atoms with Crippen molar-refractivity contribution < 1.29 is 0 Å². The van der Waals surface area contributed by atoms with Crippen LogP contribution in [0.2, 0.25) is 0 Å². The van der Waals surface area contributed by atoms with Crippen LogP contribution in [0.1, 0.15) is 109 Å². The van der Waals surface area contributed by atoms with Crippen molar-refractivity contribution in [3.8, 4) is 23.1 Å². The van der Waals surface area contributed by atoms with Gasteiger partial charge in [-0.05, 0) is 172 Å². The first-order valence-corrected chi connectivity index (χ1v) is 23.5. The van der Waals surface area contributed by atoms with Crippen LogP contribution < -0.4 is 31.9 Å². The second-order valence-corrected chi connectivity index (χ2v) is 18.5. The molecule has 67 heavy (non-hydrogen) atoms. The highest BCUT2D eigenvalue weighted by Crippen LogP contribution is 2.36. The summed E-state index contributed by atoms with van der Waals surface area (Å²) in [5.74, 6) is 7.44. The molecule has 7 heterocycles. The first-order valence-electron chi connectivity index (χ1n) is 23.5. The van der Waals surface area contributed by atoms with Gasteiger partial charge in [0.1, 0.15) is 18.2 Å². The number of hydrogen-bond acceptors (Lipinski definition) is 9. The molecule has 0 amide bonds. The highest BCUT2D eigenvalue weighted by atomic mass is 15.3. The van der Waals surface area contributed by atoms with E-state index < -0.39 is 6.17 Å². The monoisotopic (exact) mass is 881 g/mol. The van der Waals surface area contributed by atoms with Crippen LogP contribution in [0, 0.1) is 18.8 Å². The van der Waals surface area contributed by atoms with Crippen molar-refractivity contribution in [3.63, 3.8) is 0 Å². The Labute approximate surface area is 395 Å². The molecule has 0 bridgehead atoms. The third-order valence-corrected chi connectivity index (χ3v) is 13.1. The van der Waals surface area contributed by atoms with E-state index in [1.165, 1.54) is 5.56 Å². The highest BCUT2D eigenvalue weighted by Gasteiger charge is 2.30. The lowest BCUT2D eigenvalue weighted by Crippen LogP contribution is -2.45. The lowest BCUT2D eigenvalue weighted by atomic mass is 9.93. The van der Waals surface area contributed by atoms with Crippen LogP contribution in [0.4, 0.5) is 0 Å². The quantitative estimate of drug-likeness (QED) is 0.0925. The fraction of sp³-hybridized carbons (Fsp3) is 0.241. The minimum absolute atomic E-state index is 0.00111. The maximum atomic E-state index is 5.66.